The van der Waals surface area contributed by atoms with Gasteiger partial charge in [0.2, 0.25) is 5.91 Å². The zero-order valence-electron chi connectivity index (χ0n) is 18.5. The van der Waals surface area contributed by atoms with Crippen LogP contribution in [0.25, 0.3) is 0 Å². The van der Waals surface area contributed by atoms with E-state index in [2.05, 4.69) is 27.4 Å². The number of hydrogen-bond donors (Lipinski definition) is 2. The topological polar surface area (TPSA) is 60.0 Å². The number of carbonyl (C=O) groups excluding carboxylic acids is 1. The van der Waals surface area contributed by atoms with E-state index in [0.29, 0.717) is 12.5 Å². The highest BCUT2D eigenvalue weighted by Gasteiger charge is 2.24. The first-order chi connectivity index (χ1) is 14.8. The van der Waals surface area contributed by atoms with Crippen LogP contribution in [0.4, 0.5) is 10.1 Å². The molecule has 0 aromatic heterocycles. The van der Waals surface area contributed by atoms with Crippen molar-refractivity contribution in [2.45, 2.75) is 25.4 Å². The summed E-state index contributed by atoms with van der Waals surface area (Å²) in [5, 5.41) is 6.96. The molecule has 2 atom stereocenters. The average molecular weight is 574 g/mol. The minimum atomic E-state index is -0.418. The number of nitrogens with one attached hydrogen (secondary N) is 2. The van der Waals surface area contributed by atoms with Gasteiger partial charge in [-0.15, -0.1) is 24.0 Å². The monoisotopic (exact) mass is 573 g/mol. The number of guanidine groups is 1. The second kappa shape index (κ2) is 12.2. The number of hydrogen-bond acceptors (Lipinski definition) is 3. The Bertz CT molecular complexity index is 928. The van der Waals surface area contributed by atoms with E-state index in [0.717, 1.165) is 24.2 Å². The maximum atomic E-state index is 13.8. The number of halogens is 3. The number of amides is 1. The molecule has 1 amide bonds. The SMILES string of the molecule is CC(NC(=NCC(=O)N(C)C)NC1CCN(c2ccc(Cl)c(F)c2)C1)c1ccccc1.I. The van der Waals surface area contributed by atoms with Gasteiger partial charge in [0.15, 0.2) is 5.96 Å². The van der Waals surface area contributed by atoms with E-state index in [1.165, 1.54) is 11.0 Å². The molecule has 0 aliphatic carbocycles. The molecule has 0 radical (unpaired) electrons. The molecule has 1 aliphatic rings. The van der Waals surface area contributed by atoms with E-state index in [4.69, 9.17) is 11.6 Å². The zero-order valence-corrected chi connectivity index (χ0v) is 21.6. The van der Waals surface area contributed by atoms with Crippen LogP contribution in [0.5, 0.6) is 0 Å². The van der Waals surface area contributed by atoms with E-state index < -0.39 is 5.82 Å². The molecule has 1 aliphatic heterocycles. The van der Waals surface area contributed by atoms with Crippen LogP contribution in [-0.4, -0.2) is 56.5 Å². The minimum Gasteiger partial charge on any atom is -0.369 e. The molecule has 1 heterocycles. The molecule has 1 fully saturated rings. The molecular formula is C23H30ClFIN5O. The Morgan fingerprint density at radius 2 is 2.00 bits per heavy atom. The Morgan fingerprint density at radius 1 is 1.28 bits per heavy atom. The fourth-order valence-corrected chi connectivity index (χ4v) is 3.56. The second-order valence-corrected chi connectivity index (χ2v) is 8.31. The van der Waals surface area contributed by atoms with Crippen LogP contribution in [0.15, 0.2) is 53.5 Å². The smallest absolute Gasteiger partial charge is 0.243 e. The van der Waals surface area contributed by atoms with Gasteiger partial charge in [0, 0.05) is 38.9 Å². The summed E-state index contributed by atoms with van der Waals surface area (Å²) in [6.07, 6.45) is 0.867. The lowest BCUT2D eigenvalue weighted by molar-refractivity contribution is -0.127. The van der Waals surface area contributed by atoms with Crippen LogP contribution in [0.3, 0.4) is 0 Å². The third kappa shape index (κ3) is 7.23. The van der Waals surface area contributed by atoms with Crippen molar-refractivity contribution < 1.29 is 9.18 Å². The second-order valence-electron chi connectivity index (χ2n) is 7.90. The summed E-state index contributed by atoms with van der Waals surface area (Å²) in [6.45, 7) is 3.60. The van der Waals surface area contributed by atoms with E-state index in [1.54, 1.807) is 20.2 Å². The molecule has 0 bridgehead atoms. The summed E-state index contributed by atoms with van der Waals surface area (Å²) < 4.78 is 13.8. The van der Waals surface area contributed by atoms with Crippen LogP contribution < -0.4 is 15.5 Å². The molecule has 0 spiro atoms. The fourth-order valence-electron chi connectivity index (χ4n) is 3.44. The van der Waals surface area contributed by atoms with Gasteiger partial charge in [-0.1, -0.05) is 41.9 Å². The number of nitrogens with zero attached hydrogens (tertiary/aromatic N) is 3. The summed E-state index contributed by atoms with van der Waals surface area (Å²) in [6, 6.07) is 15.1. The molecule has 2 unspecified atom stereocenters. The molecule has 174 valence electrons. The lowest BCUT2D eigenvalue weighted by atomic mass is 10.1. The summed E-state index contributed by atoms with van der Waals surface area (Å²) >= 11 is 5.81. The third-order valence-corrected chi connectivity index (χ3v) is 5.63. The van der Waals surface area contributed by atoms with Gasteiger partial charge in [-0.05, 0) is 37.1 Å². The molecular weight excluding hydrogens is 544 g/mol. The summed E-state index contributed by atoms with van der Waals surface area (Å²) in [4.78, 5) is 20.2. The van der Waals surface area contributed by atoms with Gasteiger partial charge in [-0.3, -0.25) is 4.79 Å². The number of benzene rings is 2. The highest BCUT2D eigenvalue weighted by atomic mass is 127. The van der Waals surface area contributed by atoms with E-state index in [1.807, 2.05) is 36.4 Å². The molecule has 9 heteroatoms. The normalized spacial score (nSPS) is 16.8. The first-order valence-electron chi connectivity index (χ1n) is 10.4. The van der Waals surface area contributed by atoms with Crippen LogP contribution >= 0.6 is 35.6 Å². The molecule has 2 aromatic carbocycles. The van der Waals surface area contributed by atoms with Crippen molar-refractivity contribution in [3.8, 4) is 0 Å². The van der Waals surface area contributed by atoms with Crippen molar-refractivity contribution in [2.24, 2.45) is 4.99 Å². The first kappa shape index (κ1) is 26.2. The van der Waals surface area contributed by atoms with Gasteiger partial charge in [0.1, 0.15) is 12.4 Å². The fraction of sp³-hybridized carbons (Fsp3) is 0.391. The highest BCUT2D eigenvalue weighted by molar-refractivity contribution is 14.0. The number of aliphatic imine (C=N–C) groups is 1. The van der Waals surface area contributed by atoms with E-state index in [9.17, 15) is 9.18 Å². The number of likely N-dealkylation sites (N-methyl/N-ethyl adjacent to an activating group) is 1. The molecule has 0 saturated carbocycles. The largest absolute Gasteiger partial charge is 0.369 e. The van der Waals surface area contributed by atoms with Crippen LogP contribution in [0, 0.1) is 5.82 Å². The maximum absolute atomic E-state index is 13.8. The predicted molar refractivity (Wildman–Crippen MR) is 140 cm³/mol. The highest BCUT2D eigenvalue weighted by Crippen LogP contribution is 2.25. The Balaban J connectivity index is 0.00000363. The summed E-state index contributed by atoms with van der Waals surface area (Å²) in [7, 11) is 3.43. The summed E-state index contributed by atoms with van der Waals surface area (Å²) in [5.74, 6) is 0.0946. The van der Waals surface area contributed by atoms with E-state index >= 15 is 0 Å². The van der Waals surface area contributed by atoms with Crippen LogP contribution in [-0.2, 0) is 4.79 Å². The third-order valence-electron chi connectivity index (χ3n) is 5.32. The van der Waals surface area contributed by atoms with Crippen molar-refractivity contribution in [1.29, 1.82) is 0 Å². The standard InChI is InChI=1S/C23H29ClFN5O.HI/c1-16(17-7-5-4-6-8-17)27-23(26-14-22(31)29(2)3)28-18-11-12-30(15-18)19-9-10-20(24)21(25)13-19;/h4-10,13,16,18H,11-12,14-15H2,1-3H3,(H2,26,27,28);1H. The lowest BCUT2D eigenvalue weighted by Crippen LogP contribution is -2.46. The molecule has 1 saturated heterocycles. The molecule has 2 aromatic rings. The Hall–Kier alpha value is -2.07. The van der Waals surface area contributed by atoms with Crippen molar-refractivity contribution in [3.63, 3.8) is 0 Å². The summed E-state index contributed by atoms with van der Waals surface area (Å²) in [5.41, 5.74) is 1.93. The molecule has 6 nitrogen and oxygen atoms in total. The van der Waals surface area contributed by atoms with Gasteiger partial charge in [-0.2, -0.15) is 0 Å². The molecule has 32 heavy (non-hydrogen) atoms. The minimum absolute atomic E-state index is 0. The van der Waals surface area contributed by atoms with Gasteiger partial charge in [0.05, 0.1) is 11.1 Å². The number of rotatable bonds is 6. The molecule has 2 N–H and O–H groups in total. The first-order valence-corrected chi connectivity index (χ1v) is 10.7. The van der Waals surface area contributed by atoms with Crippen molar-refractivity contribution in [3.05, 3.63) is 64.9 Å². The Morgan fingerprint density at radius 3 is 2.66 bits per heavy atom. The van der Waals surface area contributed by atoms with Crippen molar-refractivity contribution in [2.75, 3.05) is 38.6 Å². The lowest BCUT2D eigenvalue weighted by Gasteiger charge is -2.23. The maximum Gasteiger partial charge on any atom is 0.243 e. The van der Waals surface area contributed by atoms with Crippen molar-refractivity contribution in [1.82, 2.24) is 15.5 Å². The van der Waals surface area contributed by atoms with Gasteiger partial charge in [-0.25, -0.2) is 9.38 Å². The quantitative estimate of drug-likeness (QED) is 0.311. The predicted octanol–water partition coefficient (Wildman–Crippen LogP) is 4.06. The number of carbonyl (C=O) groups is 1. The van der Waals surface area contributed by atoms with Gasteiger partial charge >= 0.3 is 0 Å². The molecule has 3 rings (SSSR count). The van der Waals surface area contributed by atoms with E-state index in [-0.39, 0.29) is 53.5 Å². The average Bonchev–Trinajstić information content (AvgIpc) is 3.22. The Labute approximate surface area is 211 Å². The Kier molecular flexibility index (Phi) is 10.0. The number of anilines is 1. The van der Waals surface area contributed by atoms with Gasteiger partial charge in [0.25, 0.3) is 0 Å². The van der Waals surface area contributed by atoms with Gasteiger partial charge < -0.3 is 20.4 Å². The van der Waals surface area contributed by atoms with Crippen LogP contribution in [0.2, 0.25) is 5.02 Å². The van der Waals surface area contributed by atoms with Crippen LogP contribution in [0.1, 0.15) is 24.9 Å². The van der Waals surface area contributed by atoms with Crippen molar-refractivity contribution >= 4 is 53.1 Å². The zero-order chi connectivity index (χ0) is 22.4.